The van der Waals surface area contributed by atoms with Crippen LogP contribution in [0, 0.1) is 5.41 Å². The van der Waals surface area contributed by atoms with Crippen LogP contribution in [0.25, 0.3) is 0 Å². The Morgan fingerprint density at radius 3 is 2.75 bits per heavy atom. The lowest BCUT2D eigenvalue weighted by molar-refractivity contribution is -0.151. The van der Waals surface area contributed by atoms with Gasteiger partial charge in [0.05, 0.1) is 13.2 Å². The molecule has 0 aromatic carbocycles. The summed E-state index contributed by atoms with van der Waals surface area (Å²) in [6.07, 6.45) is 3.64. The molecule has 1 heterocycles. The van der Waals surface area contributed by atoms with E-state index in [-0.39, 0.29) is 23.8 Å². The van der Waals surface area contributed by atoms with Crippen molar-refractivity contribution in [3.63, 3.8) is 0 Å². The summed E-state index contributed by atoms with van der Waals surface area (Å²) in [6, 6.07) is -0.494. The second-order valence-corrected chi connectivity index (χ2v) is 5.81. The topological polar surface area (TPSA) is 84.7 Å². The van der Waals surface area contributed by atoms with E-state index < -0.39 is 6.04 Å². The average Bonchev–Trinajstić information content (AvgIpc) is 2.43. The number of hydrogen-bond acceptors (Lipinski definition) is 4. The minimum atomic E-state index is -0.494. The van der Waals surface area contributed by atoms with Crippen molar-refractivity contribution in [3.05, 3.63) is 0 Å². The maximum Gasteiger partial charge on any atom is 0.245 e. The van der Waals surface area contributed by atoms with E-state index in [1.807, 2.05) is 6.92 Å². The van der Waals surface area contributed by atoms with E-state index in [0.29, 0.717) is 32.7 Å². The number of carbonyl (C=O) groups is 2. The van der Waals surface area contributed by atoms with Crippen molar-refractivity contribution in [2.45, 2.75) is 38.6 Å². The highest BCUT2D eigenvalue weighted by atomic mass is 16.5. The third kappa shape index (κ3) is 3.12. The molecule has 6 heteroatoms. The number of nitrogens with one attached hydrogen (secondary N) is 1. The number of morpholine rings is 1. The van der Waals surface area contributed by atoms with Crippen LogP contribution >= 0.6 is 0 Å². The van der Waals surface area contributed by atoms with E-state index >= 15 is 0 Å². The fourth-order valence-electron chi connectivity index (χ4n) is 2.96. The molecule has 3 N–H and O–H groups in total. The van der Waals surface area contributed by atoms with Gasteiger partial charge in [-0.15, -0.1) is 0 Å². The lowest BCUT2D eigenvalue weighted by Gasteiger charge is -2.43. The highest BCUT2D eigenvalue weighted by molar-refractivity contribution is 5.88. The van der Waals surface area contributed by atoms with Crippen molar-refractivity contribution >= 4 is 11.8 Å². The van der Waals surface area contributed by atoms with Crippen LogP contribution in [0.5, 0.6) is 0 Å². The van der Waals surface area contributed by atoms with E-state index in [9.17, 15) is 9.59 Å². The van der Waals surface area contributed by atoms with Gasteiger partial charge in [0.2, 0.25) is 11.8 Å². The van der Waals surface area contributed by atoms with Crippen molar-refractivity contribution < 1.29 is 14.3 Å². The van der Waals surface area contributed by atoms with Gasteiger partial charge in [-0.3, -0.25) is 9.59 Å². The van der Waals surface area contributed by atoms with Gasteiger partial charge in [0.1, 0.15) is 6.04 Å². The Morgan fingerprint density at radius 1 is 1.45 bits per heavy atom. The first-order valence-electron chi connectivity index (χ1n) is 7.47. The van der Waals surface area contributed by atoms with Crippen LogP contribution in [0.4, 0.5) is 0 Å². The lowest BCUT2D eigenvalue weighted by Crippen LogP contribution is -2.57. The van der Waals surface area contributed by atoms with Crippen LogP contribution in [0.3, 0.4) is 0 Å². The van der Waals surface area contributed by atoms with Crippen LogP contribution in [0.2, 0.25) is 0 Å². The van der Waals surface area contributed by atoms with E-state index in [0.717, 1.165) is 19.3 Å². The maximum atomic E-state index is 12.5. The molecule has 2 amide bonds. The predicted molar refractivity (Wildman–Crippen MR) is 75.0 cm³/mol. The third-order valence-electron chi connectivity index (χ3n) is 4.48. The Labute approximate surface area is 120 Å². The van der Waals surface area contributed by atoms with E-state index in [4.69, 9.17) is 10.5 Å². The number of amides is 2. The first-order chi connectivity index (χ1) is 9.62. The molecule has 6 nitrogen and oxygen atoms in total. The molecular weight excluding hydrogens is 258 g/mol. The molecule has 1 aliphatic carbocycles. The molecular formula is C14H25N3O3. The normalized spacial score (nSPS) is 24.9. The monoisotopic (exact) mass is 283 g/mol. The number of rotatable bonds is 5. The molecule has 114 valence electrons. The van der Waals surface area contributed by atoms with Crippen molar-refractivity contribution in [2.24, 2.45) is 11.1 Å². The summed E-state index contributed by atoms with van der Waals surface area (Å²) in [5.74, 6) is -0.0920. The van der Waals surface area contributed by atoms with Crippen LogP contribution in [0.1, 0.15) is 32.6 Å². The molecule has 0 aromatic rings. The fourth-order valence-corrected chi connectivity index (χ4v) is 2.96. The van der Waals surface area contributed by atoms with Gasteiger partial charge < -0.3 is 20.7 Å². The lowest BCUT2D eigenvalue weighted by atomic mass is 9.66. The van der Waals surface area contributed by atoms with Crippen LogP contribution in [-0.4, -0.2) is 55.6 Å². The summed E-state index contributed by atoms with van der Waals surface area (Å²) >= 11 is 0. The molecule has 0 radical (unpaired) electrons. The molecule has 20 heavy (non-hydrogen) atoms. The van der Waals surface area contributed by atoms with E-state index in [2.05, 4.69) is 5.32 Å². The quantitative estimate of drug-likeness (QED) is 0.736. The van der Waals surface area contributed by atoms with Gasteiger partial charge in [0, 0.05) is 19.5 Å². The predicted octanol–water partition coefficient (Wildman–Crippen LogP) is -0.131. The largest absolute Gasteiger partial charge is 0.377 e. The second-order valence-electron chi connectivity index (χ2n) is 5.81. The Hall–Kier alpha value is -1.14. The van der Waals surface area contributed by atoms with Gasteiger partial charge in [0.25, 0.3) is 0 Å². The SMILES string of the molecule is CCNC(=O)C1COCCN1C(=O)CC1(CN)CCC1. The number of hydrogen-bond donors (Lipinski definition) is 2. The van der Waals surface area contributed by atoms with Gasteiger partial charge in [-0.1, -0.05) is 6.42 Å². The van der Waals surface area contributed by atoms with Crippen molar-refractivity contribution in [1.82, 2.24) is 10.2 Å². The summed E-state index contributed by atoms with van der Waals surface area (Å²) in [5.41, 5.74) is 5.79. The fraction of sp³-hybridized carbons (Fsp3) is 0.857. The zero-order valence-electron chi connectivity index (χ0n) is 12.2. The van der Waals surface area contributed by atoms with Gasteiger partial charge in [-0.05, 0) is 31.7 Å². The summed E-state index contributed by atoms with van der Waals surface area (Å²) in [6.45, 7) is 4.25. The number of nitrogens with zero attached hydrogens (tertiary/aromatic N) is 1. The first kappa shape index (κ1) is 15.3. The minimum absolute atomic E-state index is 0.0266. The molecule has 2 fully saturated rings. The van der Waals surface area contributed by atoms with Gasteiger partial charge in [-0.25, -0.2) is 0 Å². The summed E-state index contributed by atoms with van der Waals surface area (Å²) < 4.78 is 5.35. The summed E-state index contributed by atoms with van der Waals surface area (Å²) in [4.78, 5) is 26.2. The molecule has 0 spiro atoms. The molecule has 0 bridgehead atoms. The highest BCUT2D eigenvalue weighted by Crippen LogP contribution is 2.43. The zero-order valence-corrected chi connectivity index (χ0v) is 12.2. The first-order valence-corrected chi connectivity index (χ1v) is 7.47. The Kier molecular flexibility index (Phi) is 4.99. The molecule has 1 saturated carbocycles. The van der Waals surface area contributed by atoms with Gasteiger partial charge >= 0.3 is 0 Å². The Balaban J connectivity index is 1.99. The average molecular weight is 283 g/mol. The molecule has 0 aromatic heterocycles. The zero-order chi connectivity index (χ0) is 14.6. The van der Waals surface area contributed by atoms with Crippen molar-refractivity contribution in [2.75, 3.05) is 32.8 Å². The minimum Gasteiger partial charge on any atom is -0.377 e. The molecule has 2 rings (SSSR count). The van der Waals surface area contributed by atoms with Crippen molar-refractivity contribution in [3.8, 4) is 0 Å². The van der Waals surface area contributed by atoms with Gasteiger partial charge in [0.15, 0.2) is 0 Å². The third-order valence-corrected chi connectivity index (χ3v) is 4.48. The van der Waals surface area contributed by atoms with E-state index in [1.165, 1.54) is 0 Å². The molecule has 2 aliphatic rings. The smallest absolute Gasteiger partial charge is 0.245 e. The second kappa shape index (κ2) is 6.54. The van der Waals surface area contributed by atoms with Crippen LogP contribution in [0.15, 0.2) is 0 Å². The maximum absolute atomic E-state index is 12.5. The van der Waals surface area contributed by atoms with Crippen molar-refractivity contribution in [1.29, 1.82) is 0 Å². The summed E-state index contributed by atoms with van der Waals surface area (Å²) in [7, 11) is 0. The molecule has 1 aliphatic heterocycles. The van der Waals surface area contributed by atoms with Gasteiger partial charge in [-0.2, -0.15) is 0 Å². The van der Waals surface area contributed by atoms with Crippen LogP contribution in [-0.2, 0) is 14.3 Å². The number of nitrogens with two attached hydrogens (primary N) is 1. The highest BCUT2D eigenvalue weighted by Gasteiger charge is 2.41. The molecule has 1 unspecified atom stereocenters. The van der Waals surface area contributed by atoms with Crippen LogP contribution < -0.4 is 11.1 Å². The van der Waals surface area contributed by atoms with E-state index in [1.54, 1.807) is 4.90 Å². The molecule has 1 saturated heterocycles. The Morgan fingerprint density at radius 2 is 2.20 bits per heavy atom. The standard InChI is InChI=1S/C14H25N3O3/c1-2-16-13(19)11-9-20-7-6-17(11)12(18)8-14(10-15)4-3-5-14/h11H,2-10,15H2,1H3,(H,16,19). The molecule has 1 atom stereocenters. The number of ether oxygens (including phenoxy) is 1. The Bertz CT molecular complexity index is 363. The number of likely N-dealkylation sites (N-methyl/N-ethyl adjacent to an activating group) is 1. The summed E-state index contributed by atoms with van der Waals surface area (Å²) in [5, 5.41) is 2.77. The number of carbonyl (C=O) groups excluding carboxylic acids is 2.